The van der Waals surface area contributed by atoms with Crippen molar-refractivity contribution in [3.8, 4) is 5.75 Å². The van der Waals surface area contributed by atoms with Gasteiger partial charge in [0.25, 0.3) is 0 Å². The summed E-state index contributed by atoms with van der Waals surface area (Å²) in [7, 11) is 0. The Kier molecular flexibility index (Phi) is 5.22. The lowest BCUT2D eigenvalue weighted by Gasteiger charge is -2.21. The molecule has 142 valence electrons. The maximum atomic E-state index is 14.0. The Labute approximate surface area is 153 Å². The molecule has 0 saturated heterocycles. The monoisotopic (exact) mass is 375 g/mol. The van der Waals surface area contributed by atoms with Crippen molar-refractivity contribution >= 4 is 0 Å². The highest BCUT2D eigenvalue weighted by molar-refractivity contribution is 5.42. The number of ether oxygens (including phenoxy) is 2. The zero-order valence-electron chi connectivity index (χ0n) is 14.5. The van der Waals surface area contributed by atoms with E-state index in [-0.39, 0.29) is 33.0 Å². The van der Waals surface area contributed by atoms with Crippen molar-refractivity contribution in [2.45, 2.75) is 26.2 Å². The summed E-state index contributed by atoms with van der Waals surface area (Å²) in [6.07, 6.45) is 2.75. The van der Waals surface area contributed by atoms with E-state index >= 15 is 0 Å². The lowest BCUT2D eigenvalue weighted by atomic mass is 10.1. The topological polar surface area (TPSA) is 84.5 Å². The van der Waals surface area contributed by atoms with Crippen molar-refractivity contribution in [2.75, 3.05) is 6.79 Å². The van der Waals surface area contributed by atoms with Gasteiger partial charge in [-0.15, -0.1) is 13.2 Å². The number of rotatable bonds is 6. The molecule has 0 fully saturated rings. The highest BCUT2D eigenvalue weighted by Gasteiger charge is 2.20. The third-order valence-electron chi connectivity index (χ3n) is 4.09. The lowest BCUT2D eigenvalue weighted by Crippen LogP contribution is -2.54. The van der Waals surface area contributed by atoms with Gasteiger partial charge in [-0.3, -0.25) is 0 Å². The third kappa shape index (κ3) is 3.41. The molecule has 0 spiro atoms. The van der Waals surface area contributed by atoms with Crippen molar-refractivity contribution < 1.29 is 13.9 Å². The van der Waals surface area contributed by atoms with E-state index in [0.717, 1.165) is 13.7 Å². The number of benzene rings is 1. The minimum absolute atomic E-state index is 0.0167. The molecule has 0 atom stereocenters. The van der Waals surface area contributed by atoms with Gasteiger partial charge in [0.15, 0.2) is 6.79 Å². The van der Waals surface area contributed by atoms with Crippen LogP contribution in [-0.4, -0.2) is 20.5 Å². The smallest absolute Gasteiger partial charge is 0.336 e. The zero-order chi connectivity index (χ0) is 19.6. The summed E-state index contributed by atoms with van der Waals surface area (Å²) in [6, 6.07) is 2.46. The summed E-state index contributed by atoms with van der Waals surface area (Å²) in [5.41, 5.74) is -1.59. The molecule has 1 aromatic carbocycles. The van der Waals surface area contributed by atoms with Crippen LogP contribution in [0.2, 0.25) is 0 Å². The van der Waals surface area contributed by atoms with E-state index in [4.69, 9.17) is 9.47 Å². The summed E-state index contributed by atoms with van der Waals surface area (Å²) < 4.78 is 27.1. The first-order chi connectivity index (χ1) is 13.0. The van der Waals surface area contributed by atoms with Crippen LogP contribution < -0.4 is 21.8 Å². The van der Waals surface area contributed by atoms with Gasteiger partial charge in [0.2, 0.25) is 0 Å². The fraction of sp³-hybridized carbons (Fsp3) is 0.278. The highest BCUT2D eigenvalue weighted by atomic mass is 19.1. The quantitative estimate of drug-likeness (QED) is 0.691. The first-order valence-corrected chi connectivity index (χ1v) is 8.16. The molecule has 2 heterocycles. The van der Waals surface area contributed by atoms with E-state index in [2.05, 4.69) is 13.2 Å². The van der Waals surface area contributed by atoms with E-state index in [0.29, 0.717) is 16.9 Å². The molecule has 0 radical (unpaired) electrons. The molecular formula is C18H18FN3O5. The lowest BCUT2D eigenvalue weighted by molar-refractivity contribution is -0.0173. The molecule has 3 rings (SSSR count). The second-order valence-corrected chi connectivity index (χ2v) is 5.90. The van der Waals surface area contributed by atoms with Crippen LogP contribution >= 0.6 is 0 Å². The first-order valence-electron chi connectivity index (χ1n) is 8.16. The summed E-state index contributed by atoms with van der Waals surface area (Å²) >= 11 is 0. The molecular weight excluding hydrogens is 357 g/mol. The summed E-state index contributed by atoms with van der Waals surface area (Å²) in [5, 5.41) is 0. The van der Waals surface area contributed by atoms with E-state index in [1.807, 2.05) is 0 Å². The molecule has 0 bridgehead atoms. The average Bonchev–Trinajstić information content (AvgIpc) is 2.65. The van der Waals surface area contributed by atoms with Crippen molar-refractivity contribution in [3.05, 3.63) is 85.8 Å². The molecule has 0 unspecified atom stereocenters. The zero-order valence-corrected chi connectivity index (χ0v) is 14.5. The van der Waals surface area contributed by atoms with Gasteiger partial charge in [-0.2, -0.15) is 0 Å². The van der Waals surface area contributed by atoms with Crippen LogP contribution in [0.5, 0.6) is 5.75 Å². The molecule has 1 aliphatic heterocycles. The van der Waals surface area contributed by atoms with Gasteiger partial charge in [-0.25, -0.2) is 32.5 Å². The van der Waals surface area contributed by atoms with Crippen LogP contribution in [0.4, 0.5) is 4.39 Å². The molecule has 0 saturated carbocycles. The van der Waals surface area contributed by atoms with E-state index in [1.165, 1.54) is 24.3 Å². The fourth-order valence-electron chi connectivity index (χ4n) is 2.93. The average molecular weight is 375 g/mol. The Morgan fingerprint density at radius 1 is 1.00 bits per heavy atom. The van der Waals surface area contributed by atoms with Crippen LogP contribution in [0.3, 0.4) is 0 Å². The van der Waals surface area contributed by atoms with Crippen molar-refractivity contribution in [2.24, 2.45) is 0 Å². The van der Waals surface area contributed by atoms with Crippen molar-refractivity contribution in [1.29, 1.82) is 0 Å². The Morgan fingerprint density at radius 2 is 1.59 bits per heavy atom. The number of halogens is 1. The van der Waals surface area contributed by atoms with Gasteiger partial charge < -0.3 is 9.47 Å². The van der Waals surface area contributed by atoms with E-state index < -0.39 is 22.9 Å². The number of nitrogens with zero attached hydrogens (tertiary/aromatic N) is 3. The molecule has 0 amide bonds. The maximum absolute atomic E-state index is 14.0. The second-order valence-electron chi connectivity index (χ2n) is 5.90. The molecule has 9 heteroatoms. The van der Waals surface area contributed by atoms with E-state index in [9.17, 15) is 18.8 Å². The minimum Gasteiger partial charge on any atom is -0.467 e. The first kappa shape index (κ1) is 18.6. The third-order valence-corrected chi connectivity index (χ3v) is 4.09. The van der Waals surface area contributed by atoms with Crippen LogP contribution in [0, 0.1) is 5.82 Å². The summed E-state index contributed by atoms with van der Waals surface area (Å²) in [6.45, 7) is 6.79. The van der Waals surface area contributed by atoms with Gasteiger partial charge in [0.05, 0.1) is 26.2 Å². The van der Waals surface area contributed by atoms with Gasteiger partial charge in [0.1, 0.15) is 11.6 Å². The predicted octanol–water partition coefficient (Wildman–Crippen LogP) is 0.598. The summed E-state index contributed by atoms with van der Waals surface area (Å²) in [5.74, 6) is -0.178. The number of hydrogen-bond donors (Lipinski definition) is 0. The number of aromatic nitrogens is 3. The molecule has 1 aliphatic rings. The Hall–Kier alpha value is -3.20. The molecule has 0 N–H and O–H groups in total. The number of hydrogen-bond acceptors (Lipinski definition) is 5. The number of fused-ring (bicyclic) bond motifs is 1. The van der Waals surface area contributed by atoms with E-state index in [1.54, 1.807) is 0 Å². The fourth-order valence-corrected chi connectivity index (χ4v) is 2.93. The second kappa shape index (κ2) is 7.58. The van der Waals surface area contributed by atoms with Crippen LogP contribution in [0.15, 0.2) is 51.8 Å². The van der Waals surface area contributed by atoms with Crippen LogP contribution in [0.1, 0.15) is 11.1 Å². The molecule has 2 aromatic rings. The highest BCUT2D eigenvalue weighted by Crippen LogP contribution is 2.29. The van der Waals surface area contributed by atoms with Gasteiger partial charge in [-0.05, 0) is 12.1 Å². The SMILES string of the molecule is C=CCn1c(=O)n(CC=C)c(=O)n(Cc2cc(F)cc3c2OCOC3)c1=O. The van der Waals surface area contributed by atoms with Gasteiger partial charge >= 0.3 is 17.1 Å². The molecule has 27 heavy (non-hydrogen) atoms. The minimum atomic E-state index is -0.810. The van der Waals surface area contributed by atoms with Gasteiger partial charge in [-0.1, -0.05) is 12.2 Å². The Balaban J connectivity index is 2.21. The van der Waals surface area contributed by atoms with Crippen LogP contribution in [-0.2, 0) is 31.0 Å². The Morgan fingerprint density at radius 3 is 2.19 bits per heavy atom. The van der Waals surface area contributed by atoms with Crippen molar-refractivity contribution in [3.63, 3.8) is 0 Å². The predicted molar refractivity (Wildman–Crippen MR) is 95.4 cm³/mol. The van der Waals surface area contributed by atoms with Crippen molar-refractivity contribution in [1.82, 2.24) is 13.7 Å². The van der Waals surface area contributed by atoms with Gasteiger partial charge in [0, 0.05) is 11.1 Å². The Bertz CT molecular complexity index is 1030. The molecule has 8 nitrogen and oxygen atoms in total. The molecule has 1 aromatic heterocycles. The standard InChI is InChI=1S/C18H18FN3O5/c1-3-5-20-16(23)21(6-4-2)18(25)22(17(20)24)9-12-7-14(19)8-13-10-26-11-27-15(12)13/h3-4,7-8H,1-2,5-6,9-11H2. The maximum Gasteiger partial charge on any atom is 0.336 e. The largest absolute Gasteiger partial charge is 0.467 e. The summed E-state index contributed by atoms with van der Waals surface area (Å²) in [4.78, 5) is 37.8. The molecule has 0 aliphatic carbocycles. The normalized spacial score (nSPS) is 12.9. The number of allylic oxidation sites excluding steroid dienone is 2. The van der Waals surface area contributed by atoms with Crippen LogP contribution in [0.25, 0.3) is 0 Å².